The molecule has 4 heteroatoms. The summed E-state index contributed by atoms with van der Waals surface area (Å²) in [5.74, 6) is 2.08. The molecule has 1 amide bonds. The van der Waals surface area contributed by atoms with Gasteiger partial charge in [0.15, 0.2) is 0 Å². The van der Waals surface area contributed by atoms with Crippen LogP contribution >= 0.6 is 23.4 Å². The number of hydrogen-bond acceptors (Lipinski definition) is 2. The van der Waals surface area contributed by atoms with Crippen LogP contribution in [-0.2, 0) is 11.2 Å². The molecule has 1 N–H and O–H groups in total. The Labute approximate surface area is 130 Å². The topological polar surface area (TPSA) is 29.1 Å². The molecule has 0 radical (unpaired) electrons. The van der Waals surface area contributed by atoms with Crippen molar-refractivity contribution in [3.8, 4) is 0 Å². The molecule has 0 bridgehead atoms. The number of amides is 1. The largest absolute Gasteiger partial charge is 0.325 e. The number of benzene rings is 1. The van der Waals surface area contributed by atoms with Crippen LogP contribution in [-0.4, -0.2) is 17.4 Å². The summed E-state index contributed by atoms with van der Waals surface area (Å²) in [5, 5.41) is 3.59. The van der Waals surface area contributed by atoms with Crippen LogP contribution in [0.3, 0.4) is 0 Å². The van der Waals surface area contributed by atoms with Crippen LogP contribution < -0.4 is 5.32 Å². The summed E-state index contributed by atoms with van der Waals surface area (Å²) in [6, 6.07) is 2.02. The predicted octanol–water partition coefficient (Wildman–Crippen LogP) is 4.69. The zero-order valence-corrected chi connectivity index (χ0v) is 13.6. The maximum absolute atomic E-state index is 11.5. The fourth-order valence-electron chi connectivity index (χ4n) is 2.31. The monoisotopic (exact) mass is 309 g/mol. The molecule has 0 aromatic heterocycles. The number of thioether (sulfide) groups is 1. The first-order valence-corrected chi connectivity index (χ1v) is 8.45. The lowest BCUT2D eigenvalue weighted by Gasteiger charge is -2.13. The van der Waals surface area contributed by atoms with E-state index in [0.717, 1.165) is 39.5 Å². The van der Waals surface area contributed by atoms with Gasteiger partial charge < -0.3 is 5.32 Å². The van der Waals surface area contributed by atoms with Crippen LogP contribution in [0.15, 0.2) is 12.6 Å². The molecular formula is C16H20ClNOS. The van der Waals surface area contributed by atoms with Crippen molar-refractivity contribution in [3.05, 3.63) is 34.4 Å². The molecule has 1 aromatic carbocycles. The third kappa shape index (κ3) is 3.21. The summed E-state index contributed by atoms with van der Waals surface area (Å²) >= 11 is 8.33. The van der Waals surface area contributed by atoms with Gasteiger partial charge in [-0.1, -0.05) is 31.5 Å². The van der Waals surface area contributed by atoms with E-state index in [1.54, 1.807) is 0 Å². The van der Waals surface area contributed by atoms with E-state index in [2.05, 4.69) is 18.8 Å². The zero-order chi connectivity index (χ0) is 14.7. The molecule has 0 atom stereocenters. The minimum atomic E-state index is 0.0410. The molecule has 0 saturated carbocycles. The van der Waals surface area contributed by atoms with E-state index >= 15 is 0 Å². The normalized spacial score (nSPS) is 13.2. The number of rotatable bonds is 6. The highest BCUT2D eigenvalue weighted by Crippen LogP contribution is 2.37. The summed E-state index contributed by atoms with van der Waals surface area (Å²) in [4.78, 5) is 11.5. The van der Waals surface area contributed by atoms with Crippen molar-refractivity contribution in [1.29, 1.82) is 0 Å². The number of anilines is 1. The molecule has 2 nitrogen and oxygen atoms in total. The van der Waals surface area contributed by atoms with Gasteiger partial charge in [0.1, 0.15) is 0 Å². The number of nitrogens with one attached hydrogen (secondary N) is 1. The third-order valence-electron chi connectivity index (χ3n) is 3.50. The highest BCUT2D eigenvalue weighted by Gasteiger charge is 2.23. The maximum atomic E-state index is 11.5. The van der Waals surface area contributed by atoms with E-state index < -0.39 is 0 Å². The Hall–Kier alpha value is -0.930. The molecule has 108 valence electrons. The number of halogens is 1. The number of carbonyl (C=O) groups is 1. The van der Waals surface area contributed by atoms with Crippen molar-refractivity contribution in [1.82, 2.24) is 0 Å². The third-order valence-corrected chi connectivity index (χ3v) is 5.11. The summed E-state index contributed by atoms with van der Waals surface area (Å²) in [6.07, 6.45) is 2.88. The molecule has 0 unspecified atom stereocenters. The van der Waals surface area contributed by atoms with Gasteiger partial charge in [0, 0.05) is 11.4 Å². The molecule has 0 saturated heterocycles. The minimum Gasteiger partial charge on any atom is -0.325 e. The van der Waals surface area contributed by atoms with Crippen molar-refractivity contribution >= 4 is 40.5 Å². The standard InChI is InChI=1S/C16H20ClNOS/c1-4-5-6-20-9-10(2)13-7-12-8-14(19)18-16(12)11(3)15(13)17/h7H,2,4-6,8-9H2,1,3H3,(H,18,19). The maximum Gasteiger partial charge on any atom is 0.228 e. The van der Waals surface area contributed by atoms with E-state index in [1.165, 1.54) is 12.8 Å². The highest BCUT2D eigenvalue weighted by molar-refractivity contribution is 7.99. The van der Waals surface area contributed by atoms with Crippen molar-refractivity contribution in [2.24, 2.45) is 0 Å². The van der Waals surface area contributed by atoms with Crippen LogP contribution in [0.5, 0.6) is 0 Å². The van der Waals surface area contributed by atoms with E-state index in [9.17, 15) is 4.79 Å². The fourth-order valence-corrected chi connectivity index (χ4v) is 3.63. The molecule has 1 heterocycles. The summed E-state index contributed by atoms with van der Waals surface area (Å²) in [7, 11) is 0. The molecule has 0 fully saturated rings. The quantitative estimate of drug-likeness (QED) is 0.772. The Kier molecular flexibility index (Phi) is 5.17. The summed E-state index contributed by atoms with van der Waals surface area (Å²) < 4.78 is 0. The second kappa shape index (κ2) is 6.68. The average molecular weight is 310 g/mol. The van der Waals surface area contributed by atoms with Crippen molar-refractivity contribution < 1.29 is 4.79 Å². The second-order valence-electron chi connectivity index (χ2n) is 5.13. The number of hydrogen-bond donors (Lipinski definition) is 1. The molecule has 1 aromatic rings. The van der Waals surface area contributed by atoms with Crippen LogP contribution in [0.25, 0.3) is 5.57 Å². The smallest absolute Gasteiger partial charge is 0.228 e. The second-order valence-corrected chi connectivity index (χ2v) is 6.62. The van der Waals surface area contributed by atoms with Gasteiger partial charge in [-0.05, 0) is 47.4 Å². The van der Waals surface area contributed by atoms with E-state index in [1.807, 2.05) is 24.8 Å². The van der Waals surface area contributed by atoms with E-state index in [0.29, 0.717) is 11.4 Å². The SMILES string of the molecule is C=C(CSCCCC)c1cc2c(c(C)c1Cl)NC(=O)C2. The van der Waals surface area contributed by atoms with E-state index in [-0.39, 0.29) is 5.91 Å². The van der Waals surface area contributed by atoms with Gasteiger partial charge in [-0.25, -0.2) is 0 Å². The molecular weight excluding hydrogens is 290 g/mol. The van der Waals surface area contributed by atoms with Crippen molar-refractivity contribution in [3.63, 3.8) is 0 Å². The van der Waals surface area contributed by atoms with Crippen LogP contribution in [0.2, 0.25) is 5.02 Å². The number of fused-ring (bicyclic) bond motifs is 1. The van der Waals surface area contributed by atoms with Gasteiger partial charge in [-0.15, -0.1) is 0 Å². The molecule has 2 rings (SSSR count). The average Bonchev–Trinajstić information content (AvgIpc) is 2.79. The van der Waals surface area contributed by atoms with Crippen LogP contribution in [0, 0.1) is 6.92 Å². The Morgan fingerprint density at radius 1 is 1.55 bits per heavy atom. The summed E-state index contributed by atoms with van der Waals surface area (Å²) in [5.41, 5.74) is 4.90. The first kappa shape index (κ1) is 15.5. The van der Waals surface area contributed by atoms with Crippen LogP contribution in [0.1, 0.15) is 36.5 Å². The lowest BCUT2D eigenvalue weighted by molar-refractivity contribution is -0.115. The summed E-state index contributed by atoms with van der Waals surface area (Å²) in [6.45, 7) is 8.31. The Morgan fingerprint density at radius 3 is 3.00 bits per heavy atom. The Bertz CT molecular complexity index is 554. The minimum absolute atomic E-state index is 0.0410. The van der Waals surface area contributed by atoms with Gasteiger partial charge in [0.25, 0.3) is 0 Å². The first-order chi connectivity index (χ1) is 9.54. The Balaban J connectivity index is 2.17. The zero-order valence-electron chi connectivity index (χ0n) is 12.0. The lowest BCUT2D eigenvalue weighted by Crippen LogP contribution is -2.04. The number of unbranched alkanes of at least 4 members (excludes halogenated alkanes) is 1. The molecule has 0 aliphatic carbocycles. The number of carbonyl (C=O) groups excluding carboxylic acids is 1. The molecule has 0 spiro atoms. The van der Waals surface area contributed by atoms with Crippen molar-refractivity contribution in [2.75, 3.05) is 16.8 Å². The predicted molar refractivity (Wildman–Crippen MR) is 89.8 cm³/mol. The highest BCUT2D eigenvalue weighted by atomic mass is 35.5. The molecule has 20 heavy (non-hydrogen) atoms. The van der Waals surface area contributed by atoms with Crippen LogP contribution in [0.4, 0.5) is 5.69 Å². The van der Waals surface area contributed by atoms with Gasteiger partial charge in [0.05, 0.1) is 11.4 Å². The lowest BCUT2D eigenvalue weighted by atomic mass is 10.00. The first-order valence-electron chi connectivity index (χ1n) is 6.92. The van der Waals surface area contributed by atoms with Gasteiger partial charge in [-0.3, -0.25) is 4.79 Å². The van der Waals surface area contributed by atoms with Gasteiger partial charge >= 0.3 is 0 Å². The molecule has 1 aliphatic rings. The van der Waals surface area contributed by atoms with Gasteiger partial charge in [-0.2, -0.15) is 11.8 Å². The molecule has 1 aliphatic heterocycles. The Morgan fingerprint density at radius 2 is 2.30 bits per heavy atom. The van der Waals surface area contributed by atoms with E-state index in [4.69, 9.17) is 11.6 Å². The fraction of sp³-hybridized carbons (Fsp3) is 0.438. The van der Waals surface area contributed by atoms with Gasteiger partial charge in [0.2, 0.25) is 5.91 Å². The van der Waals surface area contributed by atoms with Crippen molar-refractivity contribution in [2.45, 2.75) is 33.1 Å².